The molecule has 0 aliphatic carbocycles. The first-order valence-corrected chi connectivity index (χ1v) is 6.84. The molecule has 0 saturated heterocycles. The fraction of sp³-hybridized carbons (Fsp3) is 0.455. The van der Waals surface area contributed by atoms with Crippen molar-refractivity contribution in [1.82, 2.24) is 14.4 Å². The Labute approximate surface area is 105 Å². The lowest BCUT2D eigenvalue weighted by Gasteiger charge is -2.25. The minimum absolute atomic E-state index is 0.389. The molecule has 0 aromatic carbocycles. The molecule has 2 aromatic heterocycles. The highest BCUT2D eigenvalue weighted by molar-refractivity contribution is 7.98. The topological polar surface area (TPSA) is 59.5 Å². The number of hydrogen-bond acceptors (Lipinski definition) is 5. The van der Waals surface area contributed by atoms with E-state index in [4.69, 9.17) is 5.73 Å². The maximum atomic E-state index is 5.80. The van der Waals surface area contributed by atoms with E-state index >= 15 is 0 Å². The molecule has 2 heterocycles. The van der Waals surface area contributed by atoms with Gasteiger partial charge in [0.25, 0.3) is 0 Å². The normalized spacial score (nSPS) is 12.9. The number of rotatable bonds is 4. The van der Waals surface area contributed by atoms with Crippen LogP contribution in [0.1, 0.15) is 6.92 Å². The van der Waals surface area contributed by atoms with Crippen LogP contribution in [0.2, 0.25) is 0 Å². The Morgan fingerprint density at radius 1 is 1.59 bits per heavy atom. The van der Waals surface area contributed by atoms with Crippen LogP contribution in [-0.2, 0) is 0 Å². The molecule has 0 radical (unpaired) electrons. The SMILES string of the molecule is CSCC(C)N(C)c1nc(N)cn2ccnc12. The third-order valence-corrected chi connectivity index (χ3v) is 3.59. The highest BCUT2D eigenvalue weighted by Gasteiger charge is 2.15. The Bertz CT molecular complexity index is 510. The van der Waals surface area contributed by atoms with E-state index in [1.807, 2.05) is 29.4 Å². The third kappa shape index (κ3) is 2.31. The summed E-state index contributed by atoms with van der Waals surface area (Å²) in [5.74, 6) is 2.38. The molecule has 2 rings (SSSR count). The van der Waals surface area contributed by atoms with Gasteiger partial charge in [0, 0.05) is 31.2 Å². The highest BCUT2D eigenvalue weighted by atomic mass is 32.2. The summed E-state index contributed by atoms with van der Waals surface area (Å²) < 4.78 is 1.90. The summed E-state index contributed by atoms with van der Waals surface area (Å²) in [6.45, 7) is 2.17. The number of aromatic nitrogens is 3. The standard InChI is InChI=1S/C11H17N5S/c1-8(7-17-3)15(2)11-10-13-4-5-16(10)6-9(12)14-11/h4-6,8H,7,12H2,1-3H3. The Morgan fingerprint density at radius 3 is 3.06 bits per heavy atom. The summed E-state index contributed by atoms with van der Waals surface area (Å²) in [6.07, 6.45) is 7.51. The Hall–Kier alpha value is -1.43. The van der Waals surface area contributed by atoms with Gasteiger partial charge in [-0.05, 0) is 13.2 Å². The van der Waals surface area contributed by atoms with E-state index in [1.54, 1.807) is 12.4 Å². The first kappa shape index (κ1) is 12.0. The Morgan fingerprint density at radius 2 is 2.35 bits per heavy atom. The van der Waals surface area contributed by atoms with Gasteiger partial charge in [0.05, 0.1) is 6.20 Å². The monoisotopic (exact) mass is 251 g/mol. The smallest absolute Gasteiger partial charge is 0.180 e. The summed E-state index contributed by atoms with van der Waals surface area (Å²) in [4.78, 5) is 10.8. The average molecular weight is 251 g/mol. The van der Waals surface area contributed by atoms with Gasteiger partial charge in [0.2, 0.25) is 0 Å². The molecule has 0 spiro atoms. The van der Waals surface area contributed by atoms with Crippen molar-refractivity contribution in [3.63, 3.8) is 0 Å². The molecule has 0 aliphatic rings. The van der Waals surface area contributed by atoms with Gasteiger partial charge < -0.3 is 15.0 Å². The van der Waals surface area contributed by atoms with Crippen molar-refractivity contribution < 1.29 is 0 Å². The van der Waals surface area contributed by atoms with Crippen molar-refractivity contribution in [2.75, 3.05) is 29.7 Å². The number of fused-ring (bicyclic) bond motifs is 1. The lowest BCUT2D eigenvalue weighted by atomic mass is 10.3. The molecule has 1 atom stereocenters. The van der Waals surface area contributed by atoms with Gasteiger partial charge >= 0.3 is 0 Å². The molecule has 92 valence electrons. The van der Waals surface area contributed by atoms with Crippen molar-refractivity contribution in [3.05, 3.63) is 18.6 Å². The van der Waals surface area contributed by atoms with Crippen LogP contribution in [-0.4, -0.2) is 39.5 Å². The van der Waals surface area contributed by atoms with Crippen LogP contribution in [0.25, 0.3) is 5.65 Å². The summed E-state index contributed by atoms with van der Waals surface area (Å²) >= 11 is 1.82. The van der Waals surface area contributed by atoms with Crippen LogP contribution < -0.4 is 10.6 Å². The average Bonchev–Trinajstić information content (AvgIpc) is 2.75. The van der Waals surface area contributed by atoms with Gasteiger partial charge in [0.15, 0.2) is 11.5 Å². The van der Waals surface area contributed by atoms with Gasteiger partial charge in [0.1, 0.15) is 5.82 Å². The van der Waals surface area contributed by atoms with E-state index < -0.39 is 0 Å². The van der Waals surface area contributed by atoms with Crippen LogP contribution in [0.15, 0.2) is 18.6 Å². The predicted molar refractivity (Wildman–Crippen MR) is 73.6 cm³/mol. The fourth-order valence-corrected chi connectivity index (χ4v) is 2.44. The quantitative estimate of drug-likeness (QED) is 0.892. The Kier molecular flexibility index (Phi) is 3.42. The summed E-state index contributed by atoms with van der Waals surface area (Å²) in [5, 5.41) is 0. The minimum atomic E-state index is 0.389. The number of nitrogens with two attached hydrogens (primary N) is 1. The van der Waals surface area contributed by atoms with Gasteiger partial charge in [-0.25, -0.2) is 9.97 Å². The molecule has 0 bridgehead atoms. The molecular formula is C11H17N5S. The second-order valence-corrected chi connectivity index (χ2v) is 4.97. The minimum Gasteiger partial charge on any atom is -0.382 e. The van der Waals surface area contributed by atoms with E-state index in [-0.39, 0.29) is 0 Å². The molecule has 0 amide bonds. The van der Waals surface area contributed by atoms with Crippen LogP contribution in [0.4, 0.5) is 11.6 Å². The van der Waals surface area contributed by atoms with E-state index in [9.17, 15) is 0 Å². The molecule has 6 heteroatoms. The van der Waals surface area contributed by atoms with E-state index in [1.165, 1.54) is 0 Å². The molecule has 0 aliphatic heterocycles. The maximum absolute atomic E-state index is 5.80. The van der Waals surface area contributed by atoms with Gasteiger partial charge in [-0.2, -0.15) is 11.8 Å². The number of imidazole rings is 1. The second-order valence-electron chi connectivity index (χ2n) is 4.06. The Balaban J connectivity index is 2.43. The first-order chi connectivity index (χ1) is 8.13. The predicted octanol–water partition coefficient (Wildman–Crippen LogP) is 1.50. The zero-order valence-corrected chi connectivity index (χ0v) is 11.1. The van der Waals surface area contributed by atoms with Crippen LogP contribution in [0.3, 0.4) is 0 Å². The van der Waals surface area contributed by atoms with Gasteiger partial charge in [-0.3, -0.25) is 0 Å². The number of hydrogen-bond donors (Lipinski definition) is 1. The van der Waals surface area contributed by atoms with E-state index in [0.29, 0.717) is 11.9 Å². The van der Waals surface area contributed by atoms with Crippen molar-refractivity contribution in [3.8, 4) is 0 Å². The number of thioether (sulfide) groups is 1. The summed E-state index contributed by atoms with van der Waals surface area (Å²) in [5.41, 5.74) is 6.65. The summed E-state index contributed by atoms with van der Waals surface area (Å²) in [6, 6.07) is 0.389. The van der Waals surface area contributed by atoms with Crippen LogP contribution in [0.5, 0.6) is 0 Å². The second kappa shape index (κ2) is 4.83. The zero-order valence-electron chi connectivity index (χ0n) is 10.3. The van der Waals surface area contributed by atoms with Crippen molar-refractivity contribution in [2.24, 2.45) is 0 Å². The third-order valence-electron chi connectivity index (χ3n) is 2.78. The number of nitrogen functional groups attached to an aromatic ring is 1. The molecule has 1 unspecified atom stereocenters. The molecule has 0 fully saturated rings. The highest BCUT2D eigenvalue weighted by Crippen LogP contribution is 2.21. The molecule has 0 saturated carbocycles. The molecule has 2 aromatic rings. The van der Waals surface area contributed by atoms with Crippen molar-refractivity contribution in [2.45, 2.75) is 13.0 Å². The molecular weight excluding hydrogens is 234 g/mol. The number of nitrogens with zero attached hydrogens (tertiary/aromatic N) is 4. The van der Waals surface area contributed by atoms with Crippen molar-refractivity contribution >= 4 is 29.0 Å². The lowest BCUT2D eigenvalue weighted by Crippen LogP contribution is -2.32. The zero-order chi connectivity index (χ0) is 12.4. The molecule has 2 N–H and O–H groups in total. The first-order valence-electron chi connectivity index (χ1n) is 5.44. The van der Waals surface area contributed by atoms with Crippen molar-refractivity contribution in [1.29, 1.82) is 0 Å². The van der Waals surface area contributed by atoms with E-state index in [0.717, 1.165) is 17.2 Å². The van der Waals surface area contributed by atoms with Crippen LogP contribution in [0, 0.1) is 0 Å². The van der Waals surface area contributed by atoms with Gasteiger partial charge in [-0.15, -0.1) is 0 Å². The van der Waals surface area contributed by atoms with E-state index in [2.05, 4.69) is 28.0 Å². The fourth-order valence-electron chi connectivity index (χ4n) is 1.73. The summed E-state index contributed by atoms with van der Waals surface area (Å²) in [7, 11) is 2.03. The maximum Gasteiger partial charge on any atom is 0.180 e. The number of anilines is 2. The largest absolute Gasteiger partial charge is 0.382 e. The van der Waals surface area contributed by atoms with Crippen LogP contribution >= 0.6 is 11.8 Å². The lowest BCUT2D eigenvalue weighted by molar-refractivity contribution is 0.753. The molecule has 17 heavy (non-hydrogen) atoms. The molecule has 5 nitrogen and oxygen atoms in total. The van der Waals surface area contributed by atoms with Gasteiger partial charge in [-0.1, -0.05) is 0 Å².